The summed E-state index contributed by atoms with van der Waals surface area (Å²) in [4.78, 5) is 28.7. The Morgan fingerprint density at radius 1 is 1.08 bits per heavy atom. The van der Waals surface area contributed by atoms with Crippen molar-refractivity contribution in [2.24, 2.45) is 17.8 Å². The van der Waals surface area contributed by atoms with Gasteiger partial charge in [0.1, 0.15) is 5.60 Å². The van der Waals surface area contributed by atoms with Crippen molar-refractivity contribution in [3.05, 3.63) is 0 Å². The number of carbonyl (C=O) groups excluding carboxylic acids is 2. The Hall–Kier alpha value is -1.30. The largest absolute Gasteiger partial charge is 0.469 e. The van der Waals surface area contributed by atoms with Crippen LogP contribution in [0.1, 0.15) is 53.4 Å². The van der Waals surface area contributed by atoms with Crippen molar-refractivity contribution in [3.8, 4) is 0 Å². The van der Waals surface area contributed by atoms with Gasteiger partial charge in [-0.15, -0.1) is 0 Å². The maximum atomic E-state index is 12.4. The first-order chi connectivity index (χ1) is 12.2. The molecule has 6 nitrogen and oxygen atoms in total. The predicted molar refractivity (Wildman–Crippen MR) is 98.7 cm³/mol. The van der Waals surface area contributed by atoms with E-state index in [2.05, 4.69) is 11.8 Å². The average molecular weight is 367 g/mol. The first kappa shape index (κ1) is 19.5. The molecule has 0 aromatic carbocycles. The summed E-state index contributed by atoms with van der Waals surface area (Å²) in [7, 11) is 1.48. The summed E-state index contributed by atoms with van der Waals surface area (Å²) in [6, 6.07) is 0.986. The van der Waals surface area contributed by atoms with Gasteiger partial charge < -0.3 is 14.4 Å². The number of methoxy groups -OCH3 is 1. The van der Waals surface area contributed by atoms with E-state index >= 15 is 0 Å². The molecule has 1 amide bonds. The normalized spacial score (nSPS) is 35.3. The van der Waals surface area contributed by atoms with E-state index in [9.17, 15) is 9.59 Å². The lowest BCUT2D eigenvalue weighted by molar-refractivity contribution is -0.142. The van der Waals surface area contributed by atoms with Crippen LogP contribution in [-0.4, -0.2) is 66.3 Å². The van der Waals surface area contributed by atoms with Crippen molar-refractivity contribution in [1.29, 1.82) is 0 Å². The summed E-state index contributed by atoms with van der Waals surface area (Å²) in [6.07, 6.45) is 4.13. The van der Waals surface area contributed by atoms with Crippen molar-refractivity contribution in [2.75, 3.05) is 26.7 Å². The van der Waals surface area contributed by atoms with Gasteiger partial charge in [0.2, 0.25) is 0 Å². The quantitative estimate of drug-likeness (QED) is 0.719. The minimum absolute atomic E-state index is 0.0466. The molecule has 2 heterocycles. The highest BCUT2D eigenvalue weighted by Gasteiger charge is 2.52. The minimum atomic E-state index is -0.452. The van der Waals surface area contributed by atoms with E-state index in [0.29, 0.717) is 23.9 Å². The molecule has 1 saturated carbocycles. The standard InChI is InChI=1S/C20H34N2O4/c1-13-12-21(19(24)26-20(2,3)4)10-8-16(13)22-9-6-7-17(22)14-11-15(14)18(23)25-5/h13-17H,6-12H2,1-5H3/t13?,14?,15?,16?,17-/m0/s1. The number of amides is 1. The molecular formula is C20H34N2O4. The molecule has 0 aromatic rings. The van der Waals surface area contributed by atoms with Gasteiger partial charge in [-0.25, -0.2) is 4.79 Å². The SMILES string of the molecule is COC(=O)C1CC1[C@@H]1CCCN1C1CCN(C(=O)OC(C)(C)C)CC1C. The Bertz CT molecular complexity index is 544. The molecule has 0 spiro atoms. The van der Waals surface area contributed by atoms with E-state index in [0.717, 1.165) is 32.5 Å². The first-order valence-electron chi connectivity index (χ1n) is 10.0. The molecule has 0 bridgehead atoms. The van der Waals surface area contributed by atoms with Crippen molar-refractivity contribution in [1.82, 2.24) is 9.80 Å². The van der Waals surface area contributed by atoms with Gasteiger partial charge in [0.25, 0.3) is 0 Å². The maximum absolute atomic E-state index is 12.4. The average Bonchev–Trinajstić information content (AvgIpc) is 3.21. The zero-order valence-electron chi connectivity index (χ0n) is 16.9. The van der Waals surface area contributed by atoms with E-state index in [4.69, 9.17) is 9.47 Å². The number of piperidine rings is 1. The summed E-state index contributed by atoms with van der Waals surface area (Å²) in [5, 5.41) is 0. The molecule has 1 aliphatic carbocycles. The molecule has 6 heteroatoms. The van der Waals surface area contributed by atoms with E-state index in [1.54, 1.807) is 0 Å². The minimum Gasteiger partial charge on any atom is -0.469 e. The van der Waals surface area contributed by atoms with Crippen molar-refractivity contribution >= 4 is 12.1 Å². The van der Waals surface area contributed by atoms with Gasteiger partial charge in [0.05, 0.1) is 13.0 Å². The molecule has 2 aliphatic heterocycles. The van der Waals surface area contributed by atoms with Crippen LogP contribution in [0.2, 0.25) is 0 Å². The molecule has 26 heavy (non-hydrogen) atoms. The maximum Gasteiger partial charge on any atom is 0.410 e. The molecule has 3 rings (SSSR count). The molecule has 0 N–H and O–H groups in total. The predicted octanol–water partition coefficient (Wildman–Crippen LogP) is 2.91. The molecular weight excluding hydrogens is 332 g/mol. The third kappa shape index (κ3) is 4.16. The van der Waals surface area contributed by atoms with E-state index in [1.165, 1.54) is 20.0 Å². The lowest BCUT2D eigenvalue weighted by Gasteiger charge is -2.43. The van der Waals surface area contributed by atoms with E-state index in [1.807, 2.05) is 25.7 Å². The van der Waals surface area contributed by atoms with Crippen LogP contribution < -0.4 is 0 Å². The van der Waals surface area contributed by atoms with Gasteiger partial charge in [0, 0.05) is 25.2 Å². The number of ether oxygens (including phenoxy) is 2. The highest BCUT2D eigenvalue weighted by Crippen LogP contribution is 2.48. The van der Waals surface area contributed by atoms with Crippen LogP contribution in [0.3, 0.4) is 0 Å². The van der Waals surface area contributed by atoms with Crippen molar-refractivity contribution in [2.45, 2.75) is 71.1 Å². The van der Waals surface area contributed by atoms with E-state index < -0.39 is 5.60 Å². The molecule has 148 valence electrons. The van der Waals surface area contributed by atoms with Gasteiger partial charge in [-0.2, -0.15) is 0 Å². The summed E-state index contributed by atoms with van der Waals surface area (Å²) >= 11 is 0. The van der Waals surface area contributed by atoms with Crippen LogP contribution in [0.5, 0.6) is 0 Å². The molecule has 5 atom stereocenters. The number of carbonyl (C=O) groups is 2. The Morgan fingerprint density at radius 2 is 1.81 bits per heavy atom. The van der Waals surface area contributed by atoms with Crippen molar-refractivity contribution in [3.63, 3.8) is 0 Å². The number of rotatable bonds is 3. The van der Waals surface area contributed by atoms with E-state index in [-0.39, 0.29) is 18.0 Å². The summed E-state index contributed by atoms with van der Waals surface area (Å²) in [5.74, 6) is 0.922. The molecule has 0 aromatic heterocycles. The Balaban J connectivity index is 1.57. The smallest absolute Gasteiger partial charge is 0.410 e. The second-order valence-electron chi connectivity index (χ2n) is 9.24. The number of nitrogens with zero attached hydrogens (tertiary/aromatic N) is 2. The van der Waals surface area contributed by atoms with Crippen LogP contribution in [0, 0.1) is 17.8 Å². The zero-order chi connectivity index (χ0) is 19.1. The second kappa shape index (κ2) is 7.37. The van der Waals surface area contributed by atoms with Gasteiger partial charge >= 0.3 is 12.1 Å². The highest BCUT2D eigenvalue weighted by molar-refractivity contribution is 5.75. The highest BCUT2D eigenvalue weighted by atomic mass is 16.6. The fourth-order valence-electron chi connectivity index (χ4n) is 4.87. The molecule has 3 fully saturated rings. The third-order valence-electron chi connectivity index (χ3n) is 6.12. The molecule has 4 unspecified atom stereocenters. The number of hydrogen-bond acceptors (Lipinski definition) is 5. The van der Waals surface area contributed by atoms with Crippen LogP contribution >= 0.6 is 0 Å². The van der Waals surface area contributed by atoms with Gasteiger partial charge in [0.15, 0.2) is 0 Å². The zero-order valence-corrected chi connectivity index (χ0v) is 16.9. The molecule has 2 saturated heterocycles. The Kier molecular flexibility index (Phi) is 5.52. The van der Waals surface area contributed by atoms with Crippen LogP contribution in [0.15, 0.2) is 0 Å². The lowest BCUT2D eigenvalue weighted by atomic mass is 9.91. The lowest BCUT2D eigenvalue weighted by Crippen LogP contribution is -2.54. The number of esters is 1. The van der Waals surface area contributed by atoms with Crippen LogP contribution in [0.25, 0.3) is 0 Å². The van der Waals surface area contributed by atoms with Gasteiger partial charge in [-0.05, 0) is 64.8 Å². The summed E-state index contributed by atoms with van der Waals surface area (Å²) < 4.78 is 10.5. The van der Waals surface area contributed by atoms with Gasteiger partial charge in [-0.1, -0.05) is 6.92 Å². The van der Waals surface area contributed by atoms with Crippen LogP contribution in [0.4, 0.5) is 4.79 Å². The van der Waals surface area contributed by atoms with Crippen LogP contribution in [-0.2, 0) is 14.3 Å². The Labute approximate surface area is 157 Å². The summed E-state index contributed by atoms with van der Waals surface area (Å²) in [6.45, 7) is 10.6. The first-order valence-corrected chi connectivity index (χ1v) is 10.0. The molecule has 3 aliphatic rings. The topological polar surface area (TPSA) is 59.1 Å². The fraction of sp³-hybridized carbons (Fsp3) is 0.900. The molecule has 0 radical (unpaired) electrons. The third-order valence-corrected chi connectivity index (χ3v) is 6.12. The fourth-order valence-corrected chi connectivity index (χ4v) is 4.87. The van der Waals surface area contributed by atoms with Gasteiger partial charge in [-0.3, -0.25) is 9.69 Å². The second-order valence-corrected chi connectivity index (χ2v) is 9.24. The van der Waals surface area contributed by atoms with Crippen molar-refractivity contribution < 1.29 is 19.1 Å². The monoisotopic (exact) mass is 366 g/mol. The number of likely N-dealkylation sites (tertiary alicyclic amines) is 2. The number of hydrogen-bond donors (Lipinski definition) is 0. The Morgan fingerprint density at radius 3 is 2.42 bits per heavy atom. The summed E-state index contributed by atoms with van der Waals surface area (Å²) in [5.41, 5.74) is -0.452.